The van der Waals surface area contributed by atoms with Crippen LogP contribution in [-0.2, 0) is 0 Å². The van der Waals surface area contributed by atoms with Gasteiger partial charge in [-0.15, -0.1) is 0 Å². The Morgan fingerprint density at radius 1 is 1.42 bits per heavy atom. The summed E-state index contributed by atoms with van der Waals surface area (Å²) in [6, 6.07) is 8.36. The van der Waals surface area contributed by atoms with Gasteiger partial charge >= 0.3 is 0 Å². The molecule has 0 aromatic heterocycles. The van der Waals surface area contributed by atoms with Crippen molar-refractivity contribution in [3.63, 3.8) is 0 Å². The largest absolute Gasteiger partial charge is 0.317 e. The fraction of sp³-hybridized carbons (Fsp3) is 0.111. The second-order valence-corrected chi connectivity index (χ2v) is 3.72. The van der Waals surface area contributed by atoms with Crippen LogP contribution >= 0.6 is 11.8 Å². The quantitative estimate of drug-likeness (QED) is 0.598. The van der Waals surface area contributed by atoms with E-state index in [4.69, 9.17) is 0 Å². The summed E-state index contributed by atoms with van der Waals surface area (Å²) in [6.45, 7) is 3.76. The second-order valence-electron chi connectivity index (χ2n) is 2.71. The summed E-state index contributed by atoms with van der Waals surface area (Å²) in [7, 11) is 0. The molecule has 2 heterocycles. The summed E-state index contributed by atoms with van der Waals surface area (Å²) >= 11 is 1.72. The predicted molar refractivity (Wildman–Crippen MR) is 50.3 cm³/mol. The maximum Gasteiger partial charge on any atom is 0.169 e. The van der Waals surface area contributed by atoms with E-state index in [2.05, 4.69) is 40.7 Å². The number of hydrogen-bond donors (Lipinski definition) is 0. The van der Waals surface area contributed by atoms with Gasteiger partial charge in [0.15, 0.2) is 5.17 Å². The molecule has 0 amide bonds. The lowest BCUT2D eigenvalue weighted by Crippen LogP contribution is -2.19. The number of benzene rings is 1. The molecule has 2 radical (unpaired) electrons. The van der Waals surface area contributed by atoms with Crippen molar-refractivity contribution in [2.45, 2.75) is 4.90 Å². The number of amidine groups is 1. The van der Waals surface area contributed by atoms with Gasteiger partial charge in [-0.05, 0) is 23.9 Å². The maximum atomic E-state index is 4.17. The number of hydrogen-bond acceptors (Lipinski definition) is 3. The van der Waals surface area contributed by atoms with Gasteiger partial charge in [0.2, 0.25) is 0 Å². The number of rotatable bonds is 0. The Kier molecular flexibility index (Phi) is 1.23. The Morgan fingerprint density at radius 2 is 2.33 bits per heavy atom. The van der Waals surface area contributed by atoms with Crippen LogP contribution < -0.4 is 4.90 Å². The van der Waals surface area contributed by atoms with E-state index in [1.807, 2.05) is 0 Å². The number of thioether (sulfide) groups is 1. The molecular formula is C9H6N2S. The first-order valence-electron chi connectivity index (χ1n) is 3.80. The second kappa shape index (κ2) is 2.26. The lowest BCUT2D eigenvalue weighted by molar-refractivity contribution is 1.11. The first kappa shape index (κ1) is 6.54. The average molecular weight is 174 g/mol. The highest BCUT2D eigenvalue weighted by molar-refractivity contribution is 8.14. The summed E-state index contributed by atoms with van der Waals surface area (Å²) in [5.41, 5.74) is 1.27. The maximum absolute atomic E-state index is 4.17. The molecule has 0 atom stereocenters. The Hall–Kier alpha value is -0.960. The van der Waals surface area contributed by atoms with Crippen LogP contribution in [0.15, 0.2) is 34.2 Å². The van der Waals surface area contributed by atoms with Gasteiger partial charge in [0.1, 0.15) is 6.54 Å². The van der Waals surface area contributed by atoms with Gasteiger partial charge in [0, 0.05) is 4.90 Å². The van der Waals surface area contributed by atoms with Gasteiger partial charge < -0.3 is 4.90 Å². The number of anilines is 1. The molecule has 0 spiro atoms. The van der Waals surface area contributed by atoms with Gasteiger partial charge in [-0.1, -0.05) is 12.1 Å². The van der Waals surface area contributed by atoms with Crippen molar-refractivity contribution in [2.24, 2.45) is 4.99 Å². The highest BCUT2D eigenvalue weighted by Crippen LogP contribution is 2.41. The van der Waals surface area contributed by atoms with Gasteiger partial charge in [-0.25, -0.2) is 4.99 Å². The first-order chi connectivity index (χ1) is 5.95. The van der Waals surface area contributed by atoms with Crippen molar-refractivity contribution in [3.8, 4) is 0 Å². The van der Waals surface area contributed by atoms with Gasteiger partial charge in [0.25, 0.3) is 0 Å². The van der Waals surface area contributed by atoms with Crippen LogP contribution in [0.1, 0.15) is 0 Å². The summed E-state index contributed by atoms with van der Waals surface area (Å²) in [5, 5.41) is 1.07. The number of aliphatic imine (C=N–C) groups is 1. The van der Waals surface area contributed by atoms with Crippen molar-refractivity contribution in [2.75, 3.05) is 11.4 Å². The van der Waals surface area contributed by atoms with E-state index >= 15 is 0 Å². The molecule has 58 valence electrons. The van der Waals surface area contributed by atoms with E-state index in [1.165, 1.54) is 10.6 Å². The van der Waals surface area contributed by atoms with E-state index in [0.29, 0.717) is 0 Å². The van der Waals surface area contributed by atoms with Gasteiger partial charge in [-0.3, -0.25) is 0 Å². The third-order valence-corrected chi connectivity index (χ3v) is 3.05. The van der Waals surface area contributed by atoms with E-state index in [-0.39, 0.29) is 0 Å². The summed E-state index contributed by atoms with van der Waals surface area (Å²) in [4.78, 5) is 7.65. The highest BCUT2D eigenvalue weighted by Gasteiger charge is 2.29. The lowest BCUT2D eigenvalue weighted by Gasteiger charge is -2.10. The molecule has 2 aliphatic heterocycles. The van der Waals surface area contributed by atoms with Crippen LogP contribution in [0.4, 0.5) is 5.69 Å². The fourth-order valence-electron chi connectivity index (χ4n) is 1.43. The minimum Gasteiger partial charge on any atom is -0.317 e. The smallest absolute Gasteiger partial charge is 0.169 e. The van der Waals surface area contributed by atoms with Crippen LogP contribution in [0.5, 0.6) is 0 Å². The molecule has 3 heteroatoms. The third kappa shape index (κ3) is 0.743. The highest BCUT2D eigenvalue weighted by atomic mass is 32.2. The van der Waals surface area contributed by atoms with E-state index < -0.39 is 0 Å². The van der Waals surface area contributed by atoms with E-state index in [1.54, 1.807) is 11.8 Å². The summed E-state index contributed by atoms with van der Waals surface area (Å²) in [6.07, 6.45) is 0. The van der Waals surface area contributed by atoms with Crippen LogP contribution in [0.3, 0.4) is 0 Å². The SMILES string of the molecule is [C]1CN2C(=N1)Sc1ccccc12. The molecule has 2 nitrogen and oxygen atoms in total. The van der Waals surface area contributed by atoms with Crippen molar-refractivity contribution < 1.29 is 0 Å². The molecule has 1 aromatic carbocycles. The minimum atomic E-state index is 0.805. The Morgan fingerprint density at radius 3 is 3.33 bits per heavy atom. The first-order valence-corrected chi connectivity index (χ1v) is 4.62. The van der Waals surface area contributed by atoms with Gasteiger partial charge in [-0.2, -0.15) is 0 Å². The van der Waals surface area contributed by atoms with E-state index in [0.717, 1.165) is 11.7 Å². The number of fused-ring (bicyclic) bond motifs is 3. The van der Waals surface area contributed by atoms with Crippen LogP contribution in [0, 0.1) is 6.54 Å². The molecule has 2 aliphatic rings. The predicted octanol–water partition coefficient (Wildman–Crippen LogP) is 2.01. The van der Waals surface area contributed by atoms with Gasteiger partial charge in [0.05, 0.1) is 12.2 Å². The monoisotopic (exact) mass is 174 g/mol. The van der Waals surface area contributed by atoms with Crippen molar-refractivity contribution in [3.05, 3.63) is 30.8 Å². The zero-order valence-corrected chi connectivity index (χ0v) is 7.14. The molecule has 0 bridgehead atoms. The Labute approximate surface area is 75.3 Å². The molecule has 0 saturated carbocycles. The van der Waals surface area contributed by atoms with Crippen LogP contribution in [-0.4, -0.2) is 11.7 Å². The molecule has 0 fully saturated rings. The zero-order valence-electron chi connectivity index (χ0n) is 6.32. The van der Waals surface area contributed by atoms with Crippen molar-refractivity contribution in [1.29, 1.82) is 0 Å². The third-order valence-electron chi connectivity index (χ3n) is 1.99. The summed E-state index contributed by atoms with van der Waals surface area (Å²) in [5.74, 6) is 0. The fourth-order valence-corrected chi connectivity index (χ4v) is 2.44. The van der Waals surface area contributed by atoms with E-state index in [9.17, 15) is 0 Å². The number of nitrogens with zero attached hydrogens (tertiary/aromatic N) is 2. The van der Waals surface area contributed by atoms with Crippen molar-refractivity contribution >= 4 is 22.6 Å². The molecule has 3 rings (SSSR count). The van der Waals surface area contributed by atoms with Crippen molar-refractivity contribution in [1.82, 2.24) is 0 Å². The Bertz CT molecular complexity index is 359. The molecule has 1 aromatic rings. The standard InChI is InChI=1S/C9H6N2S/c1-2-4-8-7(3-1)11-6-5-10-9(11)12-8/h1-4H,6H2. The molecule has 0 saturated heterocycles. The summed E-state index contributed by atoms with van der Waals surface area (Å²) < 4.78 is 0. The Balaban J connectivity index is 2.17. The molecule has 0 unspecified atom stereocenters. The normalized spacial score (nSPS) is 19.0. The van der Waals surface area contributed by atoms with Crippen LogP contribution in [0.2, 0.25) is 0 Å². The average Bonchev–Trinajstić information content (AvgIpc) is 2.62. The topological polar surface area (TPSA) is 15.6 Å². The lowest BCUT2D eigenvalue weighted by atomic mass is 10.3. The van der Waals surface area contributed by atoms with Crippen LogP contribution in [0.25, 0.3) is 0 Å². The molecule has 12 heavy (non-hydrogen) atoms. The zero-order chi connectivity index (χ0) is 7.97. The molecular weight excluding hydrogens is 168 g/mol. The number of para-hydroxylation sites is 1. The minimum absolute atomic E-state index is 0.805. The molecule has 0 aliphatic carbocycles. The molecule has 0 N–H and O–H groups in total.